The number of carbonyl (C=O) groups excluding carboxylic acids is 2. The quantitative estimate of drug-likeness (QED) is 0.0430. The number of benzene rings is 5. The number of ether oxygens (including phenoxy) is 5. The number of carbonyl (C=O) groups is 2. The molecule has 0 aliphatic rings. The lowest BCUT2D eigenvalue weighted by molar-refractivity contribution is -0.143. The highest BCUT2D eigenvalue weighted by Gasteiger charge is 2.47. The minimum atomic E-state index is -2.18. The Morgan fingerprint density at radius 2 is 1.13 bits per heavy atom. The number of aryl methyl sites for hydroxylation is 1. The number of hydrogen-bond acceptors (Lipinski definition) is 7. The monoisotopic (exact) mass is 768 g/mol. The van der Waals surface area contributed by atoms with Crippen molar-refractivity contribution in [1.82, 2.24) is 0 Å². The lowest BCUT2D eigenvalue weighted by atomic mass is 10.1. The second-order valence-electron chi connectivity index (χ2n) is 11.8. The summed E-state index contributed by atoms with van der Waals surface area (Å²) in [5.41, 5.74) is 3.00. The van der Waals surface area contributed by atoms with E-state index in [4.69, 9.17) is 23.7 Å². The van der Waals surface area contributed by atoms with Crippen molar-refractivity contribution in [3.63, 3.8) is 0 Å². The summed E-state index contributed by atoms with van der Waals surface area (Å²) >= 11 is 0. The van der Waals surface area contributed by atoms with E-state index in [1.54, 1.807) is 13.0 Å². The van der Waals surface area contributed by atoms with Crippen molar-refractivity contribution in [3.05, 3.63) is 162 Å². The van der Waals surface area contributed by atoms with Crippen molar-refractivity contribution < 1.29 is 45.7 Å². The highest BCUT2D eigenvalue weighted by Crippen LogP contribution is 2.55. The summed E-state index contributed by atoms with van der Waals surface area (Å²) in [6, 6.07) is 46.8. The first kappa shape index (κ1) is 43.5. The van der Waals surface area contributed by atoms with Gasteiger partial charge in [0.2, 0.25) is 5.76 Å². The van der Waals surface area contributed by atoms with Crippen LogP contribution in [0.5, 0.6) is 5.75 Å². The van der Waals surface area contributed by atoms with Crippen molar-refractivity contribution in [1.29, 1.82) is 0 Å². The fourth-order valence-electron chi connectivity index (χ4n) is 5.67. The van der Waals surface area contributed by atoms with Crippen LogP contribution in [0.15, 0.2) is 145 Å². The minimum absolute atomic E-state index is 0. The van der Waals surface area contributed by atoms with Crippen LogP contribution < -0.4 is 33.1 Å². The highest BCUT2D eigenvalue weighted by atomic mass is 35.5. The molecule has 0 saturated carbocycles. The molecule has 5 aromatic rings. The molecule has 5 aromatic carbocycles. The Labute approximate surface area is 327 Å². The summed E-state index contributed by atoms with van der Waals surface area (Å²) in [7, 11) is -2.18. The number of esters is 2. The molecule has 5 rings (SSSR count). The van der Waals surface area contributed by atoms with Crippen molar-refractivity contribution in [2.45, 2.75) is 34.3 Å². The molecular weight excluding hydrogens is 719 g/mol. The zero-order valence-corrected chi connectivity index (χ0v) is 33.1. The predicted molar refractivity (Wildman–Crippen MR) is 216 cm³/mol. The molecule has 0 fully saturated rings. The van der Waals surface area contributed by atoms with Crippen molar-refractivity contribution in [2.24, 2.45) is 0 Å². The van der Waals surface area contributed by atoms with E-state index in [1.165, 1.54) is 15.9 Å². The summed E-state index contributed by atoms with van der Waals surface area (Å²) in [6.45, 7) is 10.1. The molecule has 284 valence electrons. The van der Waals surface area contributed by atoms with Gasteiger partial charge in [-0.05, 0) is 99.0 Å². The van der Waals surface area contributed by atoms with E-state index in [-0.39, 0.29) is 30.7 Å². The maximum absolute atomic E-state index is 12.9. The van der Waals surface area contributed by atoms with Crippen LogP contribution in [0.25, 0.3) is 6.08 Å². The number of halogens is 1. The first-order chi connectivity index (χ1) is 25.9. The third kappa shape index (κ3) is 12.9. The maximum atomic E-state index is 12.9. The maximum Gasteiger partial charge on any atom is 0.373 e. The van der Waals surface area contributed by atoms with E-state index < -0.39 is 13.2 Å². The molecule has 54 heavy (non-hydrogen) atoms. The van der Waals surface area contributed by atoms with Gasteiger partial charge in [0, 0.05) is 6.61 Å². The van der Waals surface area contributed by atoms with Gasteiger partial charge in [0.05, 0.1) is 19.8 Å². The smallest absolute Gasteiger partial charge is 0.373 e. The zero-order chi connectivity index (χ0) is 37.7. The van der Waals surface area contributed by atoms with Gasteiger partial charge in [-0.25, -0.2) is 9.59 Å². The van der Waals surface area contributed by atoms with Crippen LogP contribution in [-0.2, 0) is 35.1 Å². The molecule has 0 spiro atoms. The van der Waals surface area contributed by atoms with Gasteiger partial charge in [-0.3, -0.25) is 0 Å². The van der Waals surface area contributed by atoms with Crippen LogP contribution in [0.3, 0.4) is 0 Å². The molecule has 9 heteroatoms. The third-order valence-electron chi connectivity index (χ3n) is 8.20. The Morgan fingerprint density at radius 1 is 0.611 bits per heavy atom. The van der Waals surface area contributed by atoms with E-state index in [1.807, 2.05) is 124 Å². The van der Waals surface area contributed by atoms with E-state index in [0.717, 1.165) is 22.4 Å². The molecule has 0 aromatic heterocycles. The summed E-state index contributed by atoms with van der Waals surface area (Å²) in [5.74, 6) is 0.357. The Balaban J connectivity index is 0.000000287. The lowest BCUT2D eigenvalue weighted by Gasteiger charge is -2.26. The van der Waals surface area contributed by atoms with Gasteiger partial charge in [0.1, 0.15) is 42.1 Å². The first-order valence-electron chi connectivity index (χ1n) is 18.0. The highest BCUT2D eigenvalue weighted by molar-refractivity contribution is 7.96. The molecular formula is C45H50ClO7P. The molecule has 0 unspecified atom stereocenters. The third-order valence-corrected chi connectivity index (χ3v) is 12.5. The SMILES string of the molecule is CCOC(=O)/C(=C/c1ccc(OCc2ccccc2)cc1C)OCC.CCOCCOC(=O)C[P+](c1ccccc1)(c1ccccc1)c1ccccc1.[Cl-]. The van der Waals surface area contributed by atoms with Gasteiger partial charge < -0.3 is 36.1 Å². The molecule has 0 heterocycles. The average Bonchev–Trinajstić information content (AvgIpc) is 3.20. The largest absolute Gasteiger partial charge is 1.00 e. The zero-order valence-electron chi connectivity index (χ0n) is 31.5. The van der Waals surface area contributed by atoms with Gasteiger partial charge in [0.25, 0.3) is 0 Å². The van der Waals surface area contributed by atoms with Crippen LogP contribution in [0.2, 0.25) is 0 Å². The van der Waals surface area contributed by atoms with Gasteiger partial charge in [-0.15, -0.1) is 0 Å². The predicted octanol–water partition coefficient (Wildman–Crippen LogP) is 5.08. The van der Waals surface area contributed by atoms with Crippen LogP contribution >= 0.6 is 7.26 Å². The van der Waals surface area contributed by atoms with Gasteiger partial charge in [-0.2, -0.15) is 0 Å². The molecule has 0 atom stereocenters. The lowest BCUT2D eigenvalue weighted by Crippen LogP contribution is -3.00. The summed E-state index contributed by atoms with van der Waals surface area (Å²) < 4.78 is 27.1. The molecule has 0 N–H and O–H groups in total. The van der Waals surface area contributed by atoms with E-state index >= 15 is 0 Å². The minimum Gasteiger partial charge on any atom is -1.00 e. The topological polar surface area (TPSA) is 80.3 Å². The van der Waals surface area contributed by atoms with Crippen LogP contribution in [0, 0.1) is 6.92 Å². The molecule has 0 bridgehead atoms. The van der Waals surface area contributed by atoms with Gasteiger partial charge in [0.15, 0.2) is 6.16 Å². The number of rotatable bonds is 17. The molecule has 0 aliphatic heterocycles. The van der Waals surface area contributed by atoms with E-state index in [9.17, 15) is 9.59 Å². The summed E-state index contributed by atoms with van der Waals surface area (Å²) in [4.78, 5) is 24.8. The first-order valence-corrected chi connectivity index (χ1v) is 20.0. The van der Waals surface area contributed by atoms with Gasteiger partial charge in [-0.1, -0.05) is 91.0 Å². The molecule has 0 amide bonds. The van der Waals surface area contributed by atoms with Crippen molar-refractivity contribution in [2.75, 3.05) is 39.2 Å². The van der Waals surface area contributed by atoms with Crippen LogP contribution in [-0.4, -0.2) is 51.1 Å². The van der Waals surface area contributed by atoms with Crippen molar-refractivity contribution in [3.8, 4) is 5.75 Å². The Kier molecular flexibility index (Phi) is 19.1. The summed E-state index contributed by atoms with van der Waals surface area (Å²) in [6.07, 6.45) is 2.04. The molecule has 0 radical (unpaired) electrons. The van der Waals surface area contributed by atoms with Crippen LogP contribution in [0.4, 0.5) is 0 Å². The Hall–Kier alpha value is -4.94. The molecule has 0 saturated heterocycles. The Morgan fingerprint density at radius 3 is 1.61 bits per heavy atom. The van der Waals surface area contributed by atoms with Crippen LogP contribution in [0.1, 0.15) is 37.5 Å². The fraction of sp³-hybridized carbons (Fsp3) is 0.244. The number of hydrogen-bond donors (Lipinski definition) is 0. The second kappa shape index (κ2) is 23.7. The van der Waals surface area contributed by atoms with Gasteiger partial charge >= 0.3 is 11.9 Å². The summed E-state index contributed by atoms with van der Waals surface area (Å²) in [5, 5.41) is 3.53. The standard InChI is InChI=1S/C24H26O3P.C21H24O4.ClH/c1-2-26-18-19-27-24(25)20-28(21-12-6-3-7-13-21,22-14-8-4-9-15-22)23-16-10-5-11-17-23;1-4-23-20(21(22)24-5-2)14-18-11-12-19(13-16(18)3)25-15-17-9-7-6-8-10-17;/h3-17H,2,18-20H2,1H3;6-14H,4-5,15H2,1-3H3;1H/q+1;;/p-1/b;20-14-;. The Bertz CT molecular complexity index is 1760. The second-order valence-corrected chi connectivity index (χ2v) is 15.3. The fourth-order valence-corrected chi connectivity index (χ4v) is 9.63. The molecule has 7 nitrogen and oxygen atoms in total. The average molecular weight is 769 g/mol. The van der Waals surface area contributed by atoms with E-state index in [0.29, 0.717) is 39.2 Å². The molecule has 0 aliphatic carbocycles. The van der Waals surface area contributed by atoms with E-state index in [2.05, 4.69) is 36.4 Å². The normalized spacial score (nSPS) is 10.9. The van der Waals surface area contributed by atoms with Crippen molar-refractivity contribution >= 4 is 41.2 Å².